The van der Waals surface area contributed by atoms with Crippen LogP contribution in [0.4, 0.5) is 17.6 Å². The predicted molar refractivity (Wildman–Crippen MR) is 120 cm³/mol. The van der Waals surface area contributed by atoms with Gasteiger partial charge in [0.25, 0.3) is 6.43 Å². The monoisotopic (exact) mass is 523 g/mol. The van der Waals surface area contributed by atoms with E-state index in [2.05, 4.69) is 24.9 Å². The third-order valence-corrected chi connectivity index (χ3v) is 5.79. The molecule has 1 aliphatic rings. The number of pyridine rings is 1. The number of amides is 1. The van der Waals surface area contributed by atoms with E-state index in [4.69, 9.17) is 15.2 Å². The number of carbonyl (C=O) groups excluding carboxylic acids is 1. The lowest BCUT2D eigenvalue weighted by Crippen LogP contribution is -2.45. The summed E-state index contributed by atoms with van der Waals surface area (Å²) >= 11 is 0. The largest absolute Gasteiger partial charge is 0.474 e. The number of halogens is 4. The van der Waals surface area contributed by atoms with Crippen LogP contribution in [0.1, 0.15) is 19.0 Å². The summed E-state index contributed by atoms with van der Waals surface area (Å²) < 4.78 is 73.4. The van der Waals surface area contributed by atoms with Gasteiger partial charge in [0, 0.05) is 30.4 Å². The molecule has 15 heteroatoms. The smallest absolute Gasteiger partial charge is 0.388 e. The second-order valence-corrected chi connectivity index (χ2v) is 8.69. The Bertz CT molecular complexity index is 1480. The Kier molecular flexibility index (Phi) is 6.01. The Labute approximate surface area is 206 Å². The van der Waals surface area contributed by atoms with Crippen molar-refractivity contribution in [2.24, 2.45) is 12.8 Å². The topological polar surface area (TPSA) is 135 Å². The average molecular weight is 523 g/mol. The maximum atomic E-state index is 14.3. The summed E-state index contributed by atoms with van der Waals surface area (Å²) in [5, 5.41) is 8.48. The highest BCUT2D eigenvalue weighted by Crippen LogP contribution is 2.48. The molecule has 1 aliphatic heterocycles. The maximum absolute atomic E-state index is 14.3. The lowest BCUT2D eigenvalue weighted by molar-refractivity contribution is -0.135. The van der Waals surface area contributed by atoms with Crippen molar-refractivity contribution in [2.75, 3.05) is 13.2 Å². The van der Waals surface area contributed by atoms with Gasteiger partial charge in [0.1, 0.15) is 30.2 Å². The van der Waals surface area contributed by atoms with E-state index in [0.29, 0.717) is 11.0 Å². The maximum Gasteiger partial charge on any atom is 0.388 e. The van der Waals surface area contributed by atoms with Crippen LogP contribution in [0, 0.1) is 0 Å². The van der Waals surface area contributed by atoms with Gasteiger partial charge in [0.15, 0.2) is 0 Å². The lowest BCUT2D eigenvalue weighted by Gasteiger charge is -2.33. The number of primary amides is 1. The SMILES string of the molecule is Cn1cc(-c2c(-c3c(C(F)F)nn4c3OC[C@@](C)(OCC(N)=O)C4)[nH]c3ncccc23)c(OC(F)F)n1. The number of aryl methyl sites for hydroxylation is 1. The Morgan fingerprint density at radius 1 is 1.30 bits per heavy atom. The Balaban J connectivity index is 1.71. The van der Waals surface area contributed by atoms with E-state index in [1.807, 2.05) is 0 Å². The van der Waals surface area contributed by atoms with E-state index in [9.17, 15) is 22.4 Å². The van der Waals surface area contributed by atoms with Crippen molar-refractivity contribution in [1.29, 1.82) is 0 Å². The van der Waals surface area contributed by atoms with Crippen LogP contribution in [0.25, 0.3) is 33.4 Å². The van der Waals surface area contributed by atoms with Crippen LogP contribution >= 0.6 is 0 Å². The van der Waals surface area contributed by atoms with Crippen molar-refractivity contribution in [1.82, 2.24) is 29.5 Å². The molecule has 196 valence electrons. The zero-order valence-electron chi connectivity index (χ0n) is 19.5. The first-order valence-electron chi connectivity index (χ1n) is 11.0. The van der Waals surface area contributed by atoms with Crippen molar-refractivity contribution in [2.45, 2.75) is 32.1 Å². The minimum absolute atomic E-state index is 0.00322. The molecule has 11 nitrogen and oxygen atoms in total. The minimum Gasteiger partial charge on any atom is -0.474 e. The van der Waals surface area contributed by atoms with Crippen LogP contribution in [0.2, 0.25) is 0 Å². The van der Waals surface area contributed by atoms with Gasteiger partial charge in [-0.05, 0) is 19.1 Å². The standard InChI is InChI=1S/C22H21F4N7O4/c1-22(36-7-12(27)34)8-33-20(35-9-22)14(16(30-33)17(23)24)15-13(10-4-3-5-28-18(10)29-15)11-6-32(2)31-19(11)37-21(25)26/h3-6,17,21H,7-9H2,1-2H3,(H2,27,34)(H,28,29)/t22-/m0/s1. The van der Waals surface area contributed by atoms with Gasteiger partial charge in [-0.15, -0.1) is 5.10 Å². The van der Waals surface area contributed by atoms with E-state index in [-0.39, 0.29) is 41.4 Å². The van der Waals surface area contributed by atoms with E-state index in [1.54, 1.807) is 19.1 Å². The van der Waals surface area contributed by atoms with E-state index >= 15 is 0 Å². The molecule has 0 aromatic carbocycles. The molecular formula is C22H21F4N7O4. The highest BCUT2D eigenvalue weighted by molar-refractivity contribution is 6.04. The molecule has 0 aliphatic carbocycles. The summed E-state index contributed by atoms with van der Waals surface area (Å²) in [6.45, 7) is -2.04. The zero-order chi connectivity index (χ0) is 26.5. The average Bonchev–Trinajstić information content (AvgIpc) is 3.49. The molecule has 0 fully saturated rings. The number of hydrogen-bond acceptors (Lipinski definition) is 7. The second kappa shape index (κ2) is 9.06. The molecule has 5 heterocycles. The number of fused-ring (bicyclic) bond motifs is 2. The summed E-state index contributed by atoms with van der Waals surface area (Å²) in [5.41, 5.74) is 4.20. The highest BCUT2D eigenvalue weighted by atomic mass is 19.3. The third kappa shape index (κ3) is 4.45. The quantitative estimate of drug-likeness (QED) is 0.339. The Hall–Kier alpha value is -4.14. The normalized spacial score (nSPS) is 17.4. The van der Waals surface area contributed by atoms with Gasteiger partial charge < -0.3 is 24.9 Å². The fourth-order valence-electron chi connectivity index (χ4n) is 4.32. The first-order chi connectivity index (χ1) is 17.6. The predicted octanol–water partition coefficient (Wildman–Crippen LogP) is 3.02. The molecule has 0 radical (unpaired) electrons. The summed E-state index contributed by atoms with van der Waals surface area (Å²) in [4.78, 5) is 18.4. The van der Waals surface area contributed by atoms with E-state index in [1.165, 1.54) is 28.8 Å². The minimum atomic E-state index is -3.16. The van der Waals surface area contributed by atoms with Crippen molar-refractivity contribution >= 4 is 16.9 Å². The molecule has 0 saturated heterocycles. The number of nitrogens with one attached hydrogen (secondary N) is 1. The van der Waals surface area contributed by atoms with Crippen LogP contribution in [0.3, 0.4) is 0 Å². The van der Waals surface area contributed by atoms with Crippen LogP contribution in [-0.4, -0.2) is 60.9 Å². The van der Waals surface area contributed by atoms with E-state index in [0.717, 1.165) is 0 Å². The van der Waals surface area contributed by atoms with Gasteiger partial charge >= 0.3 is 6.61 Å². The second-order valence-electron chi connectivity index (χ2n) is 8.69. The van der Waals surface area contributed by atoms with Crippen LogP contribution in [-0.2, 0) is 23.1 Å². The van der Waals surface area contributed by atoms with Crippen LogP contribution in [0.5, 0.6) is 11.8 Å². The summed E-state index contributed by atoms with van der Waals surface area (Å²) in [6, 6.07) is 3.28. The van der Waals surface area contributed by atoms with Crippen LogP contribution < -0.4 is 15.2 Å². The Morgan fingerprint density at radius 3 is 2.78 bits per heavy atom. The third-order valence-electron chi connectivity index (χ3n) is 5.79. The number of carbonyl (C=O) groups is 1. The molecule has 0 bridgehead atoms. The van der Waals surface area contributed by atoms with Crippen LogP contribution in [0.15, 0.2) is 24.5 Å². The van der Waals surface area contributed by atoms with E-state index < -0.39 is 42.7 Å². The molecule has 5 rings (SSSR count). The summed E-state index contributed by atoms with van der Waals surface area (Å²) in [6.07, 6.45) is -0.0942. The summed E-state index contributed by atoms with van der Waals surface area (Å²) in [5.74, 6) is -1.09. The molecule has 1 atom stereocenters. The number of rotatable bonds is 8. The number of hydrogen-bond donors (Lipinski definition) is 2. The molecule has 37 heavy (non-hydrogen) atoms. The number of aromatic amines is 1. The molecule has 4 aromatic heterocycles. The number of aromatic nitrogens is 6. The fourth-order valence-corrected chi connectivity index (χ4v) is 4.32. The van der Waals surface area contributed by atoms with Crippen molar-refractivity contribution < 1.29 is 36.6 Å². The number of nitrogens with two attached hydrogens (primary N) is 1. The molecule has 0 spiro atoms. The van der Waals surface area contributed by atoms with Gasteiger partial charge in [-0.3, -0.25) is 9.48 Å². The molecule has 0 saturated carbocycles. The molecule has 3 N–H and O–H groups in total. The van der Waals surface area contributed by atoms with Gasteiger partial charge in [0.05, 0.1) is 23.4 Å². The number of ether oxygens (including phenoxy) is 3. The lowest BCUT2D eigenvalue weighted by atomic mass is 10.0. The first kappa shape index (κ1) is 24.5. The molecule has 0 unspecified atom stereocenters. The number of alkyl halides is 4. The van der Waals surface area contributed by atoms with Crippen molar-refractivity contribution in [3.63, 3.8) is 0 Å². The highest BCUT2D eigenvalue weighted by Gasteiger charge is 2.39. The fraction of sp³-hybridized carbons (Fsp3) is 0.364. The van der Waals surface area contributed by atoms with Gasteiger partial charge in [-0.25, -0.2) is 18.4 Å². The van der Waals surface area contributed by atoms with Crippen molar-refractivity contribution in [3.05, 3.63) is 30.2 Å². The first-order valence-corrected chi connectivity index (χ1v) is 11.0. The molecule has 4 aromatic rings. The van der Waals surface area contributed by atoms with Gasteiger partial charge in [-0.2, -0.15) is 13.9 Å². The zero-order valence-corrected chi connectivity index (χ0v) is 19.5. The van der Waals surface area contributed by atoms with Crippen molar-refractivity contribution in [3.8, 4) is 34.1 Å². The number of nitrogens with zero attached hydrogens (tertiary/aromatic N) is 5. The summed E-state index contributed by atoms with van der Waals surface area (Å²) in [7, 11) is 1.51. The Morgan fingerprint density at radius 2 is 2.08 bits per heavy atom. The van der Waals surface area contributed by atoms with Gasteiger partial charge in [-0.1, -0.05) is 0 Å². The molecular weight excluding hydrogens is 502 g/mol. The number of H-pyrrole nitrogens is 1. The van der Waals surface area contributed by atoms with Gasteiger partial charge in [0.2, 0.25) is 17.7 Å². The molecule has 1 amide bonds.